The Balaban J connectivity index is 1.82. The van der Waals surface area contributed by atoms with Crippen LogP contribution in [-0.2, 0) is 0 Å². The summed E-state index contributed by atoms with van der Waals surface area (Å²) < 4.78 is 10.6. The molecule has 8 nitrogen and oxygen atoms in total. The predicted octanol–water partition coefficient (Wildman–Crippen LogP) is 1.46. The Morgan fingerprint density at radius 2 is 2.10 bits per heavy atom. The van der Waals surface area contributed by atoms with Gasteiger partial charge in [-0.3, -0.25) is 4.90 Å². The molecule has 0 saturated carbocycles. The first kappa shape index (κ1) is 13.0. The molecule has 8 heteroatoms. The van der Waals surface area contributed by atoms with Gasteiger partial charge in [0.1, 0.15) is 18.0 Å². The average molecular weight is 287 g/mol. The van der Waals surface area contributed by atoms with Crippen molar-refractivity contribution in [2.45, 2.75) is 0 Å². The van der Waals surface area contributed by atoms with Crippen molar-refractivity contribution in [3.63, 3.8) is 0 Å². The lowest BCUT2D eigenvalue weighted by molar-refractivity contribution is 0.174. The molecular weight excluding hydrogens is 274 g/mol. The molecule has 0 unspecified atom stereocenters. The zero-order chi connectivity index (χ0) is 14.8. The van der Waals surface area contributed by atoms with Crippen molar-refractivity contribution in [1.29, 1.82) is 0 Å². The molecule has 1 aliphatic rings. The number of hydrogen-bond donors (Lipinski definition) is 2. The third-order valence-electron chi connectivity index (χ3n) is 2.97. The Kier molecular flexibility index (Phi) is 3.19. The van der Waals surface area contributed by atoms with E-state index in [0.717, 1.165) is 5.69 Å². The maximum atomic E-state index is 11.1. The summed E-state index contributed by atoms with van der Waals surface area (Å²) >= 11 is 0. The van der Waals surface area contributed by atoms with Crippen LogP contribution in [0.15, 0.2) is 30.6 Å². The number of ether oxygens (including phenoxy) is 2. The van der Waals surface area contributed by atoms with E-state index in [9.17, 15) is 4.79 Å². The SMILES string of the molecule is CN(C(N)=O)c1cc(Nc2ccc3c(c2)OCO3)ncn1. The van der Waals surface area contributed by atoms with E-state index < -0.39 is 6.03 Å². The van der Waals surface area contributed by atoms with Crippen LogP contribution < -0.4 is 25.4 Å². The van der Waals surface area contributed by atoms with Crippen LogP contribution in [0.2, 0.25) is 0 Å². The lowest BCUT2D eigenvalue weighted by Gasteiger charge is -2.14. The van der Waals surface area contributed by atoms with Crippen LogP contribution in [0, 0.1) is 0 Å². The van der Waals surface area contributed by atoms with Gasteiger partial charge in [0.05, 0.1) is 0 Å². The Morgan fingerprint density at radius 3 is 2.90 bits per heavy atom. The van der Waals surface area contributed by atoms with Crippen molar-refractivity contribution in [3.05, 3.63) is 30.6 Å². The number of benzene rings is 1. The highest BCUT2D eigenvalue weighted by Gasteiger charge is 2.14. The van der Waals surface area contributed by atoms with Crippen molar-refractivity contribution in [1.82, 2.24) is 9.97 Å². The van der Waals surface area contributed by atoms with Gasteiger partial charge < -0.3 is 20.5 Å². The van der Waals surface area contributed by atoms with Crippen LogP contribution in [0.4, 0.5) is 22.1 Å². The molecule has 0 saturated heterocycles. The third kappa shape index (κ3) is 2.64. The zero-order valence-electron chi connectivity index (χ0n) is 11.2. The fourth-order valence-corrected chi connectivity index (χ4v) is 1.83. The number of rotatable bonds is 3. The minimum Gasteiger partial charge on any atom is -0.454 e. The molecule has 1 aliphatic heterocycles. The fourth-order valence-electron chi connectivity index (χ4n) is 1.83. The molecule has 0 atom stereocenters. The molecule has 0 aliphatic carbocycles. The number of urea groups is 1. The van der Waals surface area contributed by atoms with E-state index in [1.165, 1.54) is 18.3 Å². The molecule has 21 heavy (non-hydrogen) atoms. The maximum Gasteiger partial charge on any atom is 0.320 e. The van der Waals surface area contributed by atoms with E-state index in [4.69, 9.17) is 15.2 Å². The minimum absolute atomic E-state index is 0.222. The van der Waals surface area contributed by atoms with Crippen LogP contribution in [0.3, 0.4) is 0 Å². The number of hydrogen-bond acceptors (Lipinski definition) is 6. The lowest BCUT2D eigenvalue weighted by Crippen LogP contribution is -2.32. The fraction of sp³-hybridized carbons (Fsp3) is 0.154. The number of nitrogens with zero attached hydrogens (tertiary/aromatic N) is 3. The third-order valence-corrected chi connectivity index (χ3v) is 2.97. The monoisotopic (exact) mass is 287 g/mol. The summed E-state index contributed by atoms with van der Waals surface area (Å²) in [5.74, 6) is 2.31. The second kappa shape index (κ2) is 5.16. The van der Waals surface area contributed by atoms with Gasteiger partial charge in [-0.25, -0.2) is 14.8 Å². The summed E-state index contributed by atoms with van der Waals surface area (Å²) in [5.41, 5.74) is 5.99. The van der Waals surface area contributed by atoms with Gasteiger partial charge in [-0.15, -0.1) is 0 Å². The van der Waals surface area contributed by atoms with E-state index in [2.05, 4.69) is 15.3 Å². The Hall–Kier alpha value is -3.03. The van der Waals surface area contributed by atoms with Crippen LogP contribution in [0.25, 0.3) is 0 Å². The summed E-state index contributed by atoms with van der Waals surface area (Å²) in [4.78, 5) is 20.4. The second-order valence-electron chi connectivity index (χ2n) is 4.35. The largest absolute Gasteiger partial charge is 0.454 e. The smallest absolute Gasteiger partial charge is 0.320 e. The maximum absolute atomic E-state index is 11.1. The molecule has 3 N–H and O–H groups in total. The van der Waals surface area contributed by atoms with Gasteiger partial charge in [0.25, 0.3) is 0 Å². The molecule has 108 valence electrons. The van der Waals surface area contributed by atoms with Crippen molar-refractivity contribution in [2.24, 2.45) is 5.73 Å². The van der Waals surface area contributed by atoms with E-state index in [1.54, 1.807) is 6.07 Å². The number of aromatic nitrogens is 2. The quantitative estimate of drug-likeness (QED) is 0.886. The van der Waals surface area contributed by atoms with Crippen LogP contribution in [0.5, 0.6) is 11.5 Å². The van der Waals surface area contributed by atoms with E-state index in [0.29, 0.717) is 23.1 Å². The van der Waals surface area contributed by atoms with Crippen molar-refractivity contribution >= 4 is 23.4 Å². The van der Waals surface area contributed by atoms with Crippen LogP contribution in [0.1, 0.15) is 0 Å². The lowest BCUT2D eigenvalue weighted by atomic mass is 10.3. The first-order valence-corrected chi connectivity index (χ1v) is 6.15. The zero-order valence-corrected chi connectivity index (χ0v) is 11.2. The molecule has 1 aromatic heterocycles. The van der Waals surface area contributed by atoms with Gasteiger partial charge >= 0.3 is 6.03 Å². The van der Waals surface area contributed by atoms with Crippen LogP contribution >= 0.6 is 0 Å². The Labute approximate surface area is 120 Å². The number of carbonyl (C=O) groups is 1. The topological polar surface area (TPSA) is 103 Å². The first-order valence-electron chi connectivity index (χ1n) is 6.15. The average Bonchev–Trinajstić information content (AvgIpc) is 2.94. The number of fused-ring (bicyclic) bond motifs is 1. The van der Waals surface area contributed by atoms with E-state index in [-0.39, 0.29) is 6.79 Å². The number of amides is 2. The summed E-state index contributed by atoms with van der Waals surface area (Å²) in [5, 5.41) is 3.10. The number of anilines is 3. The molecule has 3 rings (SSSR count). The van der Waals surface area contributed by atoms with Crippen molar-refractivity contribution < 1.29 is 14.3 Å². The van der Waals surface area contributed by atoms with Crippen molar-refractivity contribution in [2.75, 3.05) is 24.1 Å². The summed E-state index contributed by atoms with van der Waals surface area (Å²) in [6.07, 6.45) is 1.35. The molecule has 0 radical (unpaired) electrons. The summed E-state index contributed by atoms with van der Waals surface area (Å²) in [7, 11) is 1.54. The molecular formula is C13H13N5O3. The number of nitrogens with two attached hydrogens (primary N) is 1. The highest BCUT2D eigenvalue weighted by Crippen LogP contribution is 2.35. The van der Waals surface area contributed by atoms with E-state index in [1.807, 2.05) is 18.2 Å². The van der Waals surface area contributed by atoms with Gasteiger partial charge in [-0.2, -0.15) is 0 Å². The van der Waals surface area contributed by atoms with E-state index >= 15 is 0 Å². The summed E-state index contributed by atoms with van der Waals surface area (Å²) in [6.45, 7) is 0.222. The van der Waals surface area contributed by atoms with Gasteiger partial charge in [0.15, 0.2) is 11.5 Å². The molecule has 2 aromatic rings. The highest BCUT2D eigenvalue weighted by atomic mass is 16.7. The number of primary amides is 1. The molecule has 1 aromatic carbocycles. The van der Waals surface area contributed by atoms with Crippen LogP contribution in [-0.4, -0.2) is 29.8 Å². The normalized spacial score (nSPS) is 12.0. The molecule has 0 spiro atoms. The Morgan fingerprint density at radius 1 is 1.29 bits per heavy atom. The molecule has 0 bridgehead atoms. The van der Waals surface area contributed by atoms with Gasteiger partial charge in [-0.1, -0.05) is 0 Å². The molecule has 2 amide bonds. The van der Waals surface area contributed by atoms with Crippen molar-refractivity contribution in [3.8, 4) is 11.5 Å². The summed E-state index contributed by atoms with van der Waals surface area (Å²) in [6, 6.07) is 6.48. The Bertz CT molecular complexity index is 691. The number of carbonyl (C=O) groups excluding carboxylic acids is 1. The van der Waals surface area contributed by atoms with Gasteiger partial charge in [0, 0.05) is 24.9 Å². The molecule has 2 heterocycles. The minimum atomic E-state index is -0.595. The standard InChI is InChI=1S/C13H13N5O3/c1-18(13(14)19)12-5-11(15-6-16-12)17-8-2-3-9-10(4-8)21-7-20-9/h2-6H,7H2,1H3,(H2,14,19)(H,15,16,17). The van der Waals surface area contributed by atoms with Gasteiger partial charge in [-0.05, 0) is 12.1 Å². The van der Waals surface area contributed by atoms with Gasteiger partial charge in [0.2, 0.25) is 6.79 Å². The first-order chi connectivity index (χ1) is 10.1. The second-order valence-corrected chi connectivity index (χ2v) is 4.35. The molecule has 0 fully saturated rings. The highest BCUT2D eigenvalue weighted by molar-refractivity contribution is 5.89. The predicted molar refractivity (Wildman–Crippen MR) is 75.9 cm³/mol. The number of nitrogens with one attached hydrogen (secondary N) is 1.